The first-order valence-electron chi connectivity index (χ1n) is 9.57. The first kappa shape index (κ1) is 17.2. The molecule has 0 unspecified atom stereocenters. The number of ether oxygens (including phenoxy) is 2. The van der Waals surface area contributed by atoms with Crippen LogP contribution in [-0.4, -0.2) is 35.0 Å². The van der Waals surface area contributed by atoms with Crippen LogP contribution in [0.15, 0.2) is 72.8 Å². The molecule has 0 radical (unpaired) electrons. The van der Waals surface area contributed by atoms with Crippen molar-refractivity contribution in [2.24, 2.45) is 11.8 Å². The molecule has 2 aromatic carbocycles. The van der Waals surface area contributed by atoms with Crippen LogP contribution in [0, 0.1) is 11.8 Å². The summed E-state index contributed by atoms with van der Waals surface area (Å²) in [4.78, 5) is 27.8. The summed E-state index contributed by atoms with van der Waals surface area (Å²) in [5.41, 5.74) is 1.29. The molecule has 3 aliphatic rings. The van der Waals surface area contributed by atoms with Crippen LogP contribution >= 0.6 is 0 Å². The number of esters is 1. The highest BCUT2D eigenvalue weighted by Crippen LogP contribution is 2.52. The molecule has 0 saturated carbocycles. The van der Waals surface area contributed by atoms with Gasteiger partial charge >= 0.3 is 5.97 Å². The van der Waals surface area contributed by atoms with Gasteiger partial charge in [-0.05, 0) is 11.1 Å². The van der Waals surface area contributed by atoms with Gasteiger partial charge < -0.3 is 14.4 Å². The zero-order valence-electron chi connectivity index (χ0n) is 15.4. The molecule has 5 nitrogen and oxygen atoms in total. The van der Waals surface area contributed by atoms with E-state index in [0.717, 1.165) is 11.1 Å². The fourth-order valence-corrected chi connectivity index (χ4v) is 4.61. The van der Waals surface area contributed by atoms with Gasteiger partial charge in [0.05, 0.1) is 18.6 Å². The molecule has 2 aromatic rings. The molecular formula is C23H21NO4. The minimum absolute atomic E-state index is 0.0302. The van der Waals surface area contributed by atoms with Gasteiger partial charge in [-0.15, -0.1) is 0 Å². The summed E-state index contributed by atoms with van der Waals surface area (Å²) in [6.07, 6.45) is 3.49. The third-order valence-electron chi connectivity index (χ3n) is 5.89. The highest BCUT2D eigenvalue weighted by molar-refractivity contribution is 5.91. The van der Waals surface area contributed by atoms with E-state index in [4.69, 9.17) is 9.47 Å². The van der Waals surface area contributed by atoms with Crippen molar-refractivity contribution in [3.8, 4) is 0 Å². The van der Waals surface area contributed by atoms with Gasteiger partial charge in [-0.2, -0.15) is 0 Å². The lowest BCUT2D eigenvalue weighted by Gasteiger charge is -2.22. The van der Waals surface area contributed by atoms with Gasteiger partial charge in [0, 0.05) is 6.54 Å². The lowest BCUT2D eigenvalue weighted by Crippen LogP contribution is -2.39. The summed E-state index contributed by atoms with van der Waals surface area (Å²) >= 11 is 0. The molecule has 2 fully saturated rings. The van der Waals surface area contributed by atoms with Gasteiger partial charge in [0.25, 0.3) is 0 Å². The fourth-order valence-electron chi connectivity index (χ4n) is 4.61. The summed E-state index contributed by atoms with van der Waals surface area (Å²) in [6, 6.07) is 19.4. The van der Waals surface area contributed by atoms with E-state index >= 15 is 0 Å². The van der Waals surface area contributed by atoms with Gasteiger partial charge in [-0.3, -0.25) is 9.59 Å². The average Bonchev–Trinajstić information content (AvgIpc) is 3.36. The number of benzene rings is 2. The normalized spacial score (nSPS) is 29.9. The Bertz CT molecular complexity index is 926. The van der Waals surface area contributed by atoms with E-state index in [-0.39, 0.29) is 24.6 Å². The van der Waals surface area contributed by atoms with E-state index in [1.807, 2.05) is 72.8 Å². The Balaban J connectivity index is 1.33. The van der Waals surface area contributed by atoms with E-state index in [1.165, 1.54) is 0 Å². The number of hydrogen-bond acceptors (Lipinski definition) is 4. The smallest absolute Gasteiger partial charge is 0.313 e. The van der Waals surface area contributed by atoms with Crippen molar-refractivity contribution in [1.29, 1.82) is 0 Å². The van der Waals surface area contributed by atoms with Crippen LogP contribution in [-0.2, 0) is 32.2 Å². The molecule has 28 heavy (non-hydrogen) atoms. The molecule has 1 amide bonds. The van der Waals surface area contributed by atoms with Crippen molar-refractivity contribution < 1.29 is 19.1 Å². The molecule has 0 N–H and O–H groups in total. The lowest BCUT2D eigenvalue weighted by atomic mass is 9.77. The molecule has 3 aliphatic heterocycles. The van der Waals surface area contributed by atoms with E-state index in [0.29, 0.717) is 13.1 Å². The third-order valence-corrected chi connectivity index (χ3v) is 5.89. The number of rotatable bonds is 5. The molecule has 0 aliphatic carbocycles. The first-order chi connectivity index (χ1) is 13.7. The van der Waals surface area contributed by atoms with Crippen LogP contribution in [0.2, 0.25) is 0 Å². The Kier molecular flexibility index (Phi) is 4.05. The quantitative estimate of drug-likeness (QED) is 0.596. The van der Waals surface area contributed by atoms with E-state index < -0.39 is 17.4 Å². The Labute approximate surface area is 163 Å². The van der Waals surface area contributed by atoms with Crippen LogP contribution in [0.25, 0.3) is 0 Å². The Morgan fingerprint density at radius 1 is 1.07 bits per heavy atom. The summed E-state index contributed by atoms with van der Waals surface area (Å²) in [5.74, 6) is -1.48. The number of carbonyl (C=O) groups is 2. The maximum atomic E-state index is 13.2. The van der Waals surface area contributed by atoms with Crippen molar-refractivity contribution in [2.75, 3.05) is 6.54 Å². The number of carbonyl (C=O) groups excluding carboxylic acids is 2. The Morgan fingerprint density at radius 3 is 2.46 bits per heavy atom. The molecule has 3 heterocycles. The highest BCUT2D eigenvalue weighted by Gasteiger charge is 2.67. The standard InChI is InChI=1S/C23H21NO4/c25-21-20-19(22(26)27-14-17-9-5-2-6-10-17)18-11-12-23(20,28-18)15-24(21)13-16-7-3-1-4-8-16/h1-12,18-20H,13-15H2/t18-,19+,20+,23-/m1/s1. The molecule has 0 aromatic heterocycles. The fraction of sp³-hybridized carbons (Fsp3) is 0.304. The second-order valence-corrected chi connectivity index (χ2v) is 7.67. The second kappa shape index (κ2) is 6.60. The predicted octanol–water partition coefficient (Wildman–Crippen LogP) is 2.71. The number of likely N-dealkylation sites (tertiary alicyclic amines) is 1. The van der Waals surface area contributed by atoms with Crippen molar-refractivity contribution in [1.82, 2.24) is 4.90 Å². The van der Waals surface area contributed by atoms with E-state index in [1.54, 1.807) is 4.90 Å². The monoisotopic (exact) mass is 375 g/mol. The Morgan fingerprint density at radius 2 is 1.75 bits per heavy atom. The molecule has 4 atom stereocenters. The number of fused-ring (bicyclic) bond motifs is 1. The zero-order valence-corrected chi connectivity index (χ0v) is 15.4. The van der Waals surface area contributed by atoms with Gasteiger partial charge in [0.1, 0.15) is 18.1 Å². The predicted molar refractivity (Wildman–Crippen MR) is 102 cm³/mol. The van der Waals surface area contributed by atoms with Crippen LogP contribution in [0.5, 0.6) is 0 Å². The molecule has 5 heteroatoms. The van der Waals surface area contributed by atoms with Gasteiger partial charge in [-0.1, -0.05) is 72.8 Å². The molecular weight excluding hydrogens is 354 g/mol. The second-order valence-electron chi connectivity index (χ2n) is 7.67. The van der Waals surface area contributed by atoms with Crippen LogP contribution in [0.4, 0.5) is 0 Å². The number of nitrogens with zero attached hydrogens (tertiary/aromatic N) is 1. The summed E-state index contributed by atoms with van der Waals surface area (Å²) in [5, 5.41) is 0. The third kappa shape index (κ3) is 2.74. The first-order valence-corrected chi connectivity index (χ1v) is 9.57. The highest BCUT2D eigenvalue weighted by atomic mass is 16.6. The van der Waals surface area contributed by atoms with E-state index in [9.17, 15) is 9.59 Å². The van der Waals surface area contributed by atoms with Crippen LogP contribution in [0.1, 0.15) is 11.1 Å². The van der Waals surface area contributed by atoms with Crippen molar-refractivity contribution >= 4 is 11.9 Å². The Hall–Kier alpha value is -2.92. The number of amides is 1. The topological polar surface area (TPSA) is 55.8 Å². The van der Waals surface area contributed by atoms with Crippen molar-refractivity contribution in [3.63, 3.8) is 0 Å². The van der Waals surface area contributed by atoms with Gasteiger partial charge in [-0.25, -0.2) is 0 Å². The minimum atomic E-state index is -0.701. The molecule has 2 bridgehead atoms. The lowest BCUT2D eigenvalue weighted by molar-refractivity contribution is -0.155. The SMILES string of the molecule is O=C(OCc1ccccc1)[C@@H]1[C@H]2C(=O)N(Cc3ccccc3)C[C@]23C=C[C@H]1O3. The number of hydrogen-bond donors (Lipinski definition) is 0. The summed E-state index contributed by atoms with van der Waals surface area (Å²) < 4.78 is 11.7. The van der Waals surface area contributed by atoms with Crippen molar-refractivity contribution in [3.05, 3.63) is 83.9 Å². The molecule has 142 valence electrons. The van der Waals surface area contributed by atoms with Gasteiger partial charge in [0.15, 0.2) is 0 Å². The minimum Gasteiger partial charge on any atom is -0.460 e. The van der Waals surface area contributed by atoms with Crippen molar-refractivity contribution in [2.45, 2.75) is 24.9 Å². The van der Waals surface area contributed by atoms with Gasteiger partial charge in [0.2, 0.25) is 5.91 Å². The molecule has 5 rings (SSSR count). The zero-order chi connectivity index (χ0) is 19.1. The maximum Gasteiger partial charge on any atom is 0.313 e. The maximum absolute atomic E-state index is 13.2. The summed E-state index contributed by atoms with van der Waals surface area (Å²) in [6.45, 7) is 1.20. The van der Waals surface area contributed by atoms with E-state index in [2.05, 4.69) is 0 Å². The van der Waals surface area contributed by atoms with Crippen LogP contribution < -0.4 is 0 Å². The molecule has 2 saturated heterocycles. The summed E-state index contributed by atoms with van der Waals surface area (Å²) in [7, 11) is 0. The van der Waals surface area contributed by atoms with Crippen LogP contribution in [0.3, 0.4) is 0 Å². The average molecular weight is 375 g/mol. The molecule has 1 spiro atoms. The largest absolute Gasteiger partial charge is 0.460 e.